The lowest BCUT2D eigenvalue weighted by Crippen LogP contribution is -1.99. The van der Waals surface area contributed by atoms with Gasteiger partial charge in [0, 0.05) is 35.0 Å². The standard InChI is InChI=1S/C24H22N4O4/c1-30-21-10-15(11-22(31-2)24(21)32-3)19-8-9-25-23-12-18(26-28(19)23)17-13-27(14-29)20-7-5-4-6-16(17)20/h4-13,29H,14H2,1-3H3. The van der Waals surface area contributed by atoms with Crippen molar-refractivity contribution < 1.29 is 19.3 Å². The Balaban J connectivity index is 1.71. The number of aliphatic hydroxyl groups excluding tert-OH is 1. The molecule has 32 heavy (non-hydrogen) atoms. The number of aromatic nitrogens is 4. The first-order valence-corrected chi connectivity index (χ1v) is 10.0. The minimum atomic E-state index is -0.108. The van der Waals surface area contributed by atoms with Crippen molar-refractivity contribution in [2.45, 2.75) is 6.73 Å². The highest BCUT2D eigenvalue weighted by molar-refractivity contribution is 5.95. The number of fused-ring (bicyclic) bond motifs is 2. The fourth-order valence-electron chi connectivity index (χ4n) is 4.04. The molecule has 0 aliphatic rings. The summed E-state index contributed by atoms with van der Waals surface area (Å²) in [5.74, 6) is 1.65. The zero-order valence-corrected chi connectivity index (χ0v) is 17.9. The molecule has 0 aliphatic carbocycles. The SMILES string of the molecule is COc1cc(-c2ccnc3cc(-c4cn(CO)c5ccccc45)nn23)cc(OC)c1OC. The van der Waals surface area contributed by atoms with Gasteiger partial charge in [0.2, 0.25) is 5.75 Å². The van der Waals surface area contributed by atoms with Crippen LogP contribution in [0.1, 0.15) is 0 Å². The summed E-state index contributed by atoms with van der Waals surface area (Å²) in [5, 5.41) is 15.6. The van der Waals surface area contributed by atoms with E-state index in [0.29, 0.717) is 22.9 Å². The molecule has 0 atom stereocenters. The number of rotatable bonds is 6. The highest BCUT2D eigenvalue weighted by atomic mass is 16.5. The fraction of sp³-hybridized carbons (Fsp3) is 0.167. The summed E-state index contributed by atoms with van der Waals surface area (Å²) in [7, 11) is 4.76. The Hall–Kier alpha value is -4.04. The van der Waals surface area contributed by atoms with Crippen molar-refractivity contribution in [1.82, 2.24) is 19.2 Å². The van der Waals surface area contributed by atoms with Gasteiger partial charge in [0.1, 0.15) is 6.73 Å². The van der Waals surface area contributed by atoms with Crippen molar-refractivity contribution in [2.75, 3.05) is 21.3 Å². The maximum atomic E-state index is 9.76. The van der Waals surface area contributed by atoms with E-state index in [9.17, 15) is 5.11 Å². The smallest absolute Gasteiger partial charge is 0.203 e. The lowest BCUT2D eigenvalue weighted by molar-refractivity contribution is 0.215. The van der Waals surface area contributed by atoms with E-state index >= 15 is 0 Å². The number of para-hydroxylation sites is 1. The maximum absolute atomic E-state index is 9.76. The van der Waals surface area contributed by atoms with Crippen LogP contribution in [-0.2, 0) is 6.73 Å². The van der Waals surface area contributed by atoms with Gasteiger partial charge in [0.05, 0.1) is 38.2 Å². The highest BCUT2D eigenvalue weighted by Crippen LogP contribution is 2.41. The zero-order chi connectivity index (χ0) is 22.2. The van der Waals surface area contributed by atoms with Crippen LogP contribution < -0.4 is 14.2 Å². The van der Waals surface area contributed by atoms with E-state index in [0.717, 1.165) is 33.4 Å². The van der Waals surface area contributed by atoms with E-state index in [-0.39, 0.29) is 6.73 Å². The summed E-state index contributed by atoms with van der Waals surface area (Å²) in [6, 6.07) is 15.5. The molecule has 0 aliphatic heterocycles. The number of methoxy groups -OCH3 is 3. The van der Waals surface area contributed by atoms with Crippen LogP contribution in [0.2, 0.25) is 0 Å². The van der Waals surface area contributed by atoms with Gasteiger partial charge in [0.25, 0.3) is 0 Å². The van der Waals surface area contributed by atoms with Crippen LogP contribution in [0.15, 0.2) is 60.9 Å². The second kappa shape index (κ2) is 7.90. The molecule has 1 N–H and O–H groups in total. The molecular formula is C24H22N4O4. The molecule has 0 radical (unpaired) electrons. The molecule has 2 aromatic carbocycles. The van der Waals surface area contributed by atoms with Crippen LogP contribution in [0.25, 0.3) is 39.1 Å². The molecule has 3 heterocycles. The van der Waals surface area contributed by atoms with Gasteiger partial charge in [-0.05, 0) is 24.3 Å². The first-order valence-electron chi connectivity index (χ1n) is 10.0. The monoisotopic (exact) mass is 430 g/mol. The van der Waals surface area contributed by atoms with E-state index < -0.39 is 0 Å². The van der Waals surface area contributed by atoms with Crippen molar-refractivity contribution in [2.24, 2.45) is 0 Å². The van der Waals surface area contributed by atoms with E-state index in [2.05, 4.69) is 4.98 Å². The molecule has 0 spiro atoms. The number of benzene rings is 2. The van der Waals surface area contributed by atoms with E-state index in [1.165, 1.54) is 0 Å². The van der Waals surface area contributed by atoms with Crippen LogP contribution in [0.5, 0.6) is 17.2 Å². The molecule has 8 heteroatoms. The molecule has 0 bridgehead atoms. The van der Waals surface area contributed by atoms with Crippen molar-refractivity contribution in [1.29, 1.82) is 0 Å². The summed E-state index contributed by atoms with van der Waals surface area (Å²) >= 11 is 0. The highest BCUT2D eigenvalue weighted by Gasteiger charge is 2.18. The van der Waals surface area contributed by atoms with Gasteiger partial charge >= 0.3 is 0 Å². The van der Waals surface area contributed by atoms with Crippen LogP contribution in [0.3, 0.4) is 0 Å². The number of hydrogen-bond donors (Lipinski definition) is 1. The van der Waals surface area contributed by atoms with E-state index in [4.69, 9.17) is 19.3 Å². The molecular weight excluding hydrogens is 408 g/mol. The van der Waals surface area contributed by atoms with E-state index in [1.807, 2.05) is 54.7 Å². The second-order valence-corrected chi connectivity index (χ2v) is 7.21. The summed E-state index contributed by atoms with van der Waals surface area (Å²) in [5.41, 5.74) is 5.01. The third-order valence-electron chi connectivity index (χ3n) is 5.54. The first kappa shape index (κ1) is 19.9. The van der Waals surface area contributed by atoms with Crippen molar-refractivity contribution in [3.8, 4) is 39.8 Å². The number of hydrogen-bond acceptors (Lipinski definition) is 6. The molecule has 3 aromatic heterocycles. The zero-order valence-electron chi connectivity index (χ0n) is 17.9. The Bertz CT molecular complexity index is 1410. The van der Waals surface area contributed by atoms with Crippen LogP contribution in [0.4, 0.5) is 0 Å². The van der Waals surface area contributed by atoms with Crippen LogP contribution in [-0.4, -0.2) is 45.6 Å². The van der Waals surface area contributed by atoms with Gasteiger partial charge in [-0.2, -0.15) is 5.10 Å². The Morgan fingerprint density at radius 1 is 0.938 bits per heavy atom. The van der Waals surface area contributed by atoms with Gasteiger partial charge in [-0.1, -0.05) is 18.2 Å². The molecule has 0 saturated carbocycles. The molecule has 162 valence electrons. The van der Waals surface area contributed by atoms with Gasteiger partial charge in [-0.25, -0.2) is 9.50 Å². The summed E-state index contributed by atoms with van der Waals surface area (Å²) in [6.45, 7) is -0.108. The van der Waals surface area contributed by atoms with Gasteiger partial charge < -0.3 is 23.9 Å². The predicted molar refractivity (Wildman–Crippen MR) is 121 cm³/mol. The Kier molecular flexibility index (Phi) is 4.91. The third kappa shape index (κ3) is 3.04. The Morgan fingerprint density at radius 3 is 2.38 bits per heavy atom. The van der Waals surface area contributed by atoms with Crippen molar-refractivity contribution >= 4 is 16.6 Å². The van der Waals surface area contributed by atoms with Gasteiger partial charge in [0.15, 0.2) is 17.1 Å². The van der Waals surface area contributed by atoms with Crippen LogP contribution in [0, 0.1) is 0 Å². The fourth-order valence-corrected chi connectivity index (χ4v) is 4.04. The topological polar surface area (TPSA) is 83.0 Å². The second-order valence-electron chi connectivity index (χ2n) is 7.21. The van der Waals surface area contributed by atoms with Gasteiger partial charge in [-0.15, -0.1) is 0 Å². The Morgan fingerprint density at radius 2 is 1.69 bits per heavy atom. The minimum Gasteiger partial charge on any atom is -0.493 e. The van der Waals surface area contributed by atoms with Crippen molar-refractivity contribution in [3.05, 3.63) is 60.9 Å². The van der Waals surface area contributed by atoms with Gasteiger partial charge in [-0.3, -0.25) is 0 Å². The molecule has 5 aromatic rings. The number of ether oxygens (including phenoxy) is 3. The third-order valence-corrected chi connectivity index (χ3v) is 5.54. The number of aliphatic hydroxyl groups is 1. The Labute approximate surface area is 184 Å². The summed E-state index contributed by atoms with van der Waals surface area (Å²) < 4.78 is 20.1. The molecule has 5 rings (SSSR count). The quantitative estimate of drug-likeness (QED) is 0.439. The molecule has 8 nitrogen and oxygen atoms in total. The first-order chi connectivity index (χ1) is 15.7. The molecule has 0 fully saturated rings. The predicted octanol–water partition coefficient (Wildman–Crippen LogP) is 3.99. The van der Waals surface area contributed by atoms with Crippen LogP contribution >= 0.6 is 0 Å². The lowest BCUT2D eigenvalue weighted by Gasteiger charge is -2.14. The summed E-state index contributed by atoms with van der Waals surface area (Å²) in [4.78, 5) is 4.50. The minimum absolute atomic E-state index is 0.108. The lowest BCUT2D eigenvalue weighted by atomic mass is 10.1. The molecule has 0 saturated heterocycles. The maximum Gasteiger partial charge on any atom is 0.203 e. The molecule has 0 amide bonds. The normalized spacial score (nSPS) is 11.2. The summed E-state index contributed by atoms with van der Waals surface area (Å²) in [6.07, 6.45) is 3.65. The molecule has 0 unspecified atom stereocenters. The van der Waals surface area contributed by atoms with E-state index in [1.54, 1.807) is 36.6 Å². The van der Waals surface area contributed by atoms with Crippen molar-refractivity contribution in [3.63, 3.8) is 0 Å². The average molecular weight is 430 g/mol. The largest absolute Gasteiger partial charge is 0.493 e. The average Bonchev–Trinajstić information content (AvgIpc) is 3.44. The number of nitrogens with zero attached hydrogens (tertiary/aromatic N) is 4.